The third-order valence-electron chi connectivity index (χ3n) is 2.72. The molecule has 2 rings (SSSR count). The minimum Gasteiger partial charge on any atom is -0.324 e. The number of rotatable bonds is 5. The zero-order valence-corrected chi connectivity index (χ0v) is 13.4. The standard InChI is InChI=1S/C17H16ClN5/c1-3-4-12-14(19-2)15-21-16(18)23-17(22-15)20-13-10-8-6-5-7-9-11-13/h3-12H,1H2,2H3,(H,20,21,22,23)/b6-5-,7-5?,8-6?,9-7-,10-8-,11-9?,12-4-,13-10?,13-11+,19-14+. The molecule has 1 N–H and O–H groups in total. The van der Waals surface area contributed by atoms with Crippen molar-refractivity contribution in [3.63, 3.8) is 0 Å². The first-order chi connectivity index (χ1) is 11.2. The second-order valence-corrected chi connectivity index (χ2v) is 4.67. The fourth-order valence-corrected chi connectivity index (χ4v) is 1.87. The number of halogens is 1. The first-order valence-corrected chi connectivity index (χ1v) is 7.27. The highest BCUT2D eigenvalue weighted by molar-refractivity contribution is 6.28. The Morgan fingerprint density at radius 3 is 2.74 bits per heavy atom. The molecule has 1 aromatic rings. The maximum absolute atomic E-state index is 6.00. The largest absolute Gasteiger partial charge is 0.324 e. The molecule has 0 saturated carbocycles. The van der Waals surface area contributed by atoms with Crippen LogP contribution in [0.5, 0.6) is 0 Å². The molecular weight excluding hydrogens is 310 g/mol. The van der Waals surface area contributed by atoms with E-state index in [1.54, 1.807) is 25.3 Å². The topological polar surface area (TPSA) is 63.1 Å². The molecule has 0 amide bonds. The van der Waals surface area contributed by atoms with Gasteiger partial charge in [0.1, 0.15) is 5.71 Å². The number of aliphatic imine (C=N–C) groups is 1. The van der Waals surface area contributed by atoms with E-state index in [4.69, 9.17) is 11.6 Å². The van der Waals surface area contributed by atoms with Crippen LogP contribution in [0.3, 0.4) is 0 Å². The van der Waals surface area contributed by atoms with Crippen LogP contribution in [-0.4, -0.2) is 27.7 Å². The summed E-state index contributed by atoms with van der Waals surface area (Å²) in [6.45, 7) is 3.63. The minimum atomic E-state index is 0.0940. The van der Waals surface area contributed by atoms with Crippen molar-refractivity contribution in [3.05, 3.63) is 84.1 Å². The van der Waals surface area contributed by atoms with E-state index in [-0.39, 0.29) is 5.28 Å². The van der Waals surface area contributed by atoms with Crippen LogP contribution < -0.4 is 5.32 Å². The maximum atomic E-state index is 6.00. The predicted octanol–water partition coefficient (Wildman–Crippen LogP) is 3.66. The Labute approximate surface area is 140 Å². The number of hydrogen-bond acceptors (Lipinski definition) is 5. The Balaban J connectivity index is 2.30. The number of hydrogen-bond donors (Lipinski definition) is 1. The smallest absolute Gasteiger partial charge is 0.232 e. The molecule has 0 aromatic carbocycles. The van der Waals surface area contributed by atoms with E-state index in [2.05, 4.69) is 31.8 Å². The van der Waals surface area contributed by atoms with Crippen LogP contribution in [0.4, 0.5) is 5.95 Å². The summed E-state index contributed by atoms with van der Waals surface area (Å²) in [6.07, 6.45) is 18.6. The molecule has 0 saturated heterocycles. The molecule has 0 radical (unpaired) electrons. The third-order valence-corrected chi connectivity index (χ3v) is 2.89. The van der Waals surface area contributed by atoms with Crippen LogP contribution in [0, 0.1) is 0 Å². The average molecular weight is 326 g/mol. The van der Waals surface area contributed by atoms with Gasteiger partial charge in [0.05, 0.1) is 0 Å². The normalized spacial score (nSPS) is 21.0. The van der Waals surface area contributed by atoms with Gasteiger partial charge >= 0.3 is 0 Å². The van der Waals surface area contributed by atoms with Crippen molar-refractivity contribution >= 4 is 23.3 Å². The Morgan fingerprint density at radius 1 is 1.17 bits per heavy atom. The second-order valence-electron chi connectivity index (χ2n) is 4.33. The molecule has 0 fully saturated rings. The second kappa shape index (κ2) is 8.60. The van der Waals surface area contributed by atoms with E-state index in [1.165, 1.54) is 0 Å². The summed E-state index contributed by atoms with van der Waals surface area (Å²) in [6, 6.07) is 0. The van der Waals surface area contributed by atoms with Gasteiger partial charge in [0.25, 0.3) is 0 Å². The van der Waals surface area contributed by atoms with Gasteiger partial charge in [0, 0.05) is 12.7 Å². The molecular formula is C17H16ClN5. The molecule has 1 heterocycles. The third kappa shape index (κ3) is 5.16. The first-order valence-electron chi connectivity index (χ1n) is 6.89. The Hall–Kier alpha value is -2.79. The fraction of sp³-hybridized carbons (Fsp3) is 0.0588. The Morgan fingerprint density at radius 2 is 1.96 bits per heavy atom. The molecule has 1 aliphatic rings. The van der Waals surface area contributed by atoms with E-state index in [0.717, 1.165) is 5.70 Å². The summed E-state index contributed by atoms with van der Waals surface area (Å²) in [5.41, 5.74) is 1.41. The van der Waals surface area contributed by atoms with Gasteiger partial charge in [-0.2, -0.15) is 15.0 Å². The van der Waals surface area contributed by atoms with Gasteiger partial charge in [0.15, 0.2) is 5.82 Å². The van der Waals surface area contributed by atoms with Gasteiger partial charge in [-0.15, -0.1) is 0 Å². The van der Waals surface area contributed by atoms with Crippen molar-refractivity contribution in [2.45, 2.75) is 0 Å². The number of nitrogens with zero attached hydrogens (tertiary/aromatic N) is 4. The first kappa shape index (κ1) is 16.6. The molecule has 0 atom stereocenters. The van der Waals surface area contributed by atoms with Gasteiger partial charge < -0.3 is 5.32 Å². The van der Waals surface area contributed by atoms with Crippen LogP contribution in [-0.2, 0) is 0 Å². The summed E-state index contributed by atoms with van der Waals surface area (Å²) in [7, 11) is 1.66. The molecule has 5 nitrogen and oxygen atoms in total. The molecule has 0 bridgehead atoms. The molecule has 1 aromatic heterocycles. The van der Waals surface area contributed by atoms with Gasteiger partial charge in [-0.05, 0) is 29.8 Å². The van der Waals surface area contributed by atoms with E-state index in [9.17, 15) is 0 Å². The Kier molecular flexibility index (Phi) is 6.20. The zero-order valence-electron chi connectivity index (χ0n) is 12.6. The van der Waals surface area contributed by atoms with E-state index in [0.29, 0.717) is 17.5 Å². The summed E-state index contributed by atoms with van der Waals surface area (Å²) >= 11 is 6.00. The van der Waals surface area contributed by atoms with Crippen LogP contribution in [0.15, 0.2) is 78.0 Å². The van der Waals surface area contributed by atoms with Crippen LogP contribution in [0.25, 0.3) is 0 Å². The number of nitrogens with one attached hydrogen (secondary N) is 1. The van der Waals surface area contributed by atoms with Gasteiger partial charge in [-0.1, -0.05) is 49.1 Å². The molecule has 0 aliphatic heterocycles. The van der Waals surface area contributed by atoms with E-state index >= 15 is 0 Å². The summed E-state index contributed by atoms with van der Waals surface area (Å²) < 4.78 is 0. The Bertz CT molecular complexity index is 754. The summed E-state index contributed by atoms with van der Waals surface area (Å²) in [5.74, 6) is 0.737. The summed E-state index contributed by atoms with van der Waals surface area (Å²) in [5, 5.41) is 3.20. The maximum Gasteiger partial charge on any atom is 0.232 e. The van der Waals surface area contributed by atoms with Crippen molar-refractivity contribution in [2.24, 2.45) is 4.99 Å². The van der Waals surface area contributed by atoms with Crippen LogP contribution >= 0.6 is 11.6 Å². The fourth-order valence-electron chi connectivity index (χ4n) is 1.71. The van der Waals surface area contributed by atoms with E-state index in [1.807, 2.05) is 42.5 Å². The van der Waals surface area contributed by atoms with Gasteiger partial charge in [-0.3, -0.25) is 4.99 Å². The lowest BCUT2D eigenvalue weighted by molar-refractivity contribution is 1.03. The summed E-state index contributed by atoms with van der Waals surface area (Å²) in [4.78, 5) is 16.7. The van der Waals surface area contributed by atoms with Crippen LogP contribution in [0.2, 0.25) is 5.28 Å². The van der Waals surface area contributed by atoms with Crippen LogP contribution in [0.1, 0.15) is 5.82 Å². The minimum absolute atomic E-state index is 0.0940. The molecule has 0 spiro atoms. The number of anilines is 1. The van der Waals surface area contributed by atoms with Crippen molar-refractivity contribution in [2.75, 3.05) is 12.4 Å². The molecule has 1 aliphatic carbocycles. The zero-order chi connectivity index (χ0) is 16.5. The number of allylic oxidation sites excluding steroid dienone is 10. The monoisotopic (exact) mass is 325 g/mol. The van der Waals surface area contributed by atoms with Gasteiger partial charge in [0.2, 0.25) is 11.2 Å². The van der Waals surface area contributed by atoms with Crippen molar-refractivity contribution in [1.82, 2.24) is 15.0 Å². The highest BCUT2D eigenvalue weighted by Gasteiger charge is 2.09. The molecule has 23 heavy (non-hydrogen) atoms. The van der Waals surface area contributed by atoms with Crippen molar-refractivity contribution in [3.8, 4) is 0 Å². The van der Waals surface area contributed by atoms with Crippen molar-refractivity contribution < 1.29 is 0 Å². The lowest BCUT2D eigenvalue weighted by atomic mass is 10.2. The molecule has 0 unspecified atom stereocenters. The number of aromatic nitrogens is 3. The average Bonchev–Trinajstić information content (AvgIpc) is 2.50. The van der Waals surface area contributed by atoms with Crippen molar-refractivity contribution in [1.29, 1.82) is 0 Å². The van der Waals surface area contributed by atoms with E-state index < -0.39 is 0 Å². The highest BCUT2D eigenvalue weighted by Crippen LogP contribution is 2.11. The quantitative estimate of drug-likeness (QED) is 0.663. The highest BCUT2D eigenvalue weighted by atomic mass is 35.5. The van der Waals surface area contributed by atoms with Gasteiger partial charge in [-0.25, -0.2) is 0 Å². The predicted molar refractivity (Wildman–Crippen MR) is 95.8 cm³/mol. The lowest BCUT2D eigenvalue weighted by Crippen LogP contribution is -2.10. The molecule has 6 heteroatoms. The SMILES string of the molecule is C=C/C=C\C(=N/C)c1nc(Cl)nc(NC2=C/C=C\C=C/C=C\2)n1. The molecule has 116 valence electrons. The lowest BCUT2D eigenvalue weighted by Gasteiger charge is -2.07.